The van der Waals surface area contributed by atoms with Gasteiger partial charge in [0.05, 0.1) is 12.5 Å². The monoisotopic (exact) mass is 311 g/mol. The number of benzene rings is 2. The molecular formula is C16H13N3O4. The van der Waals surface area contributed by atoms with Crippen LogP contribution in [0.3, 0.4) is 0 Å². The van der Waals surface area contributed by atoms with Crippen molar-refractivity contribution in [3.8, 4) is 17.0 Å². The molecule has 1 aromatic heterocycles. The van der Waals surface area contributed by atoms with Gasteiger partial charge in [-0.15, -0.1) is 0 Å². The lowest BCUT2D eigenvalue weighted by atomic mass is 10.0. The summed E-state index contributed by atoms with van der Waals surface area (Å²) in [7, 11) is 1.48. The molecule has 2 aromatic carbocycles. The summed E-state index contributed by atoms with van der Waals surface area (Å²) in [5.74, 6) is 0.445. The lowest BCUT2D eigenvalue weighted by Gasteiger charge is -2.11. The summed E-state index contributed by atoms with van der Waals surface area (Å²) in [4.78, 5) is 22.6. The predicted molar refractivity (Wildman–Crippen MR) is 86.0 cm³/mol. The normalized spacial score (nSPS) is 10.5. The van der Waals surface area contributed by atoms with Crippen molar-refractivity contribution in [2.24, 2.45) is 0 Å². The molecule has 0 aliphatic rings. The highest BCUT2D eigenvalue weighted by Crippen LogP contribution is 2.34. The predicted octanol–water partition coefficient (Wildman–Crippen LogP) is 2.69. The SMILES string of the molecule is COc1cc(NC(=O)O)ccc1-c1n[nH]c(=O)c2ccccc12. The Morgan fingerprint density at radius 1 is 1.22 bits per heavy atom. The summed E-state index contributed by atoms with van der Waals surface area (Å²) in [5.41, 5.74) is 1.31. The van der Waals surface area contributed by atoms with E-state index in [9.17, 15) is 9.59 Å². The minimum atomic E-state index is -1.16. The molecule has 23 heavy (non-hydrogen) atoms. The second kappa shape index (κ2) is 5.80. The molecule has 1 amide bonds. The number of aromatic nitrogens is 2. The number of hydrogen-bond acceptors (Lipinski definition) is 4. The molecule has 0 saturated heterocycles. The van der Waals surface area contributed by atoms with E-state index in [4.69, 9.17) is 9.84 Å². The summed E-state index contributed by atoms with van der Waals surface area (Å²) in [6, 6.07) is 12.0. The minimum Gasteiger partial charge on any atom is -0.496 e. The fourth-order valence-electron chi connectivity index (χ4n) is 2.41. The van der Waals surface area contributed by atoms with E-state index < -0.39 is 6.09 Å². The highest BCUT2D eigenvalue weighted by molar-refractivity contribution is 5.95. The van der Waals surface area contributed by atoms with Crippen molar-refractivity contribution in [2.45, 2.75) is 0 Å². The first kappa shape index (κ1) is 14.6. The van der Waals surface area contributed by atoms with Gasteiger partial charge in [-0.25, -0.2) is 9.89 Å². The fourth-order valence-corrected chi connectivity index (χ4v) is 2.41. The third kappa shape index (κ3) is 2.71. The maximum absolute atomic E-state index is 11.9. The van der Waals surface area contributed by atoms with Crippen LogP contribution in [0.1, 0.15) is 0 Å². The second-order valence-corrected chi connectivity index (χ2v) is 4.79. The first-order chi connectivity index (χ1) is 11.1. The Morgan fingerprint density at radius 3 is 2.65 bits per heavy atom. The standard InChI is InChI=1S/C16H13N3O4/c1-23-13-8-9(17-16(21)22)6-7-12(13)14-10-4-2-3-5-11(10)15(20)19-18-14/h2-8,17H,1H3,(H,19,20)(H,21,22). The van der Waals surface area contributed by atoms with Gasteiger partial charge in [-0.3, -0.25) is 10.1 Å². The summed E-state index contributed by atoms with van der Waals surface area (Å²) in [6.07, 6.45) is -1.16. The highest BCUT2D eigenvalue weighted by Gasteiger charge is 2.14. The summed E-state index contributed by atoms with van der Waals surface area (Å²) >= 11 is 0. The molecular weight excluding hydrogens is 298 g/mol. The zero-order valence-corrected chi connectivity index (χ0v) is 12.2. The third-order valence-electron chi connectivity index (χ3n) is 3.40. The van der Waals surface area contributed by atoms with Crippen molar-refractivity contribution in [3.05, 3.63) is 52.8 Å². The van der Waals surface area contributed by atoms with Crippen LogP contribution in [-0.4, -0.2) is 28.5 Å². The van der Waals surface area contributed by atoms with Crippen LogP contribution in [-0.2, 0) is 0 Å². The lowest BCUT2D eigenvalue weighted by Crippen LogP contribution is -2.10. The largest absolute Gasteiger partial charge is 0.496 e. The number of ether oxygens (including phenoxy) is 1. The molecule has 3 N–H and O–H groups in total. The van der Waals surface area contributed by atoms with Gasteiger partial charge < -0.3 is 9.84 Å². The number of carbonyl (C=O) groups is 1. The Labute approximate surface area is 130 Å². The van der Waals surface area contributed by atoms with Crippen molar-refractivity contribution >= 4 is 22.6 Å². The van der Waals surface area contributed by atoms with Gasteiger partial charge in [0.25, 0.3) is 5.56 Å². The molecule has 0 fully saturated rings. The average Bonchev–Trinajstić information content (AvgIpc) is 2.55. The molecule has 0 aliphatic carbocycles. The van der Waals surface area contributed by atoms with Gasteiger partial charge in [-0.05, 0) is 18.2 Å². The van der Waals surface area contributed by atoms with Crippen LogP contribution in [0.15, 0.2) is 47.3 Å². The maximum atomic E-state index is 11.9. The van der Waals surface area contributed by atoms with Crippen LogP contribution in [0.5, 0.6) is 5.75 Å². The summed E-state index contributed by atoms with van der Waals surface area (Å²) < 4.78 is 5.34. The number of hydrogen-bond donors (Lipinski definition) is 3. The van der Waals surface area contributed by atoms with E-state index in [1.54, 1.807) is 36.4 Å². The van der Waals surface area contributed by atoms with Crippen molar-refractivity contribution < 1.29 is 14.6 Å². The highest BCUT2D eigenvalue weighted by atomic mass is 16.5. The number of carboxylic acid groups (broad SMARTS) is 1. The molecule has 1 heterocycles. The van der Waals surface area contributed by atoms with Crippen LogP contribution in [0.2, 0.25) is 0 Å². The third-order valence-corrected chi connectivity index (χ3v) is 3.40. The Kier molecular flexibility index (Phi) is 3.68. The Hall–Kier alpha value is -3.35. The smallest absolute Gasteiger partial charge is 0.409 e. The fraction of sp³-hybridized carbons (Fsp3) is 0.0625. The van der Waals surface area contributed by atoms with E-state index >= 15 is 0 Å². The number of aromatic amines is 1. The zero-order valence-electron chi connectivity index (χ0n) is 12.2. The molecule has 0 aliphatic heterocycles. The van der Waals surface area contributed by atoms with Crippen LogP contribution in [0.25, 0.3) is 22.0 Å². The van der Waals surface area contributed by atoms with Crippen LogP contribution in [0, 0.1) is 0 Å². The number of fused-ring (bicyclic) bond motifs is 1. The Bertz CT molecular complexity index is 949. The quantitative estimate of drug-likeness (QED) is 0.690. The van der Waals surface area contributed by atoms with Crippen LogP contribution in [0.4, 0.5) is 10.5 Å². The van der Waals surface area contributed by atoms with Gasteiger partial charge >= 0.3 is 6.09 Å². The number of methoxy groups -OCH3 is 1. The molecule has 3 rings (SSSR count). The van der Waals surface area contributed by atoms with E-state index in [1.165, 1.54) is 7.11 Å². The number of H-pyrrole nitrogens is 1. The molecule has 7 heteroatoms. The van der Waals surface area contributed by atoms with Crippen molar-refractivity contribution in [2.75, 3.05) is 12.4 Å². The van der Waals surface area contributed by atoms with E-state index in [-0.39, 0.29) is 5.56 Å². The molecule has 0 atom stereocenters. The number of amides is 1. The van der Waals surface area contributed by atoms with Crippen molar-refractivity contribution in [1.82, 2.24) is 10.2 Å². The topological polar surface area (TPSA) is 104 Å². The summed E-state index contributed by atoms with van der Waals surface area (Å²) in [6.45, 7) is 0. The Balaban J connectivity index is 2.21. The van der Waals surface area contributed by atoms with E-state index in [1.807, 2.05) is 6.07 Å². The molecule has 0 saturated carbocycles. The van der Waals surface area contributed by atoms with Gasteiger partial charge in [-0.2, -0.15) is 5.10 Å². The van der Waals surface area contributed by atoms with Gasteiger partial charge in [0.15, 0.2) is 0 Å². The molecule has 3 aromatic rings. The lowest BCUT2D eigenvalue weighted by molar-refractivity contribution is 0.209. The maximum Gasteiger partial charge on any atom is 0.409 e. The summed E-state index contributed by atoms with van der Waals surface area (Å²) in [5, 5.41) is 18.8. The first-order valence-corrected chi connectivity index (χ1v) is 6.76. The van der Waals surface area contributed by atoms with E-state index in [0.717, 1.165) is 0 Å². The van der Waals surface area contributed by atoms with Gasteiger partial charge in [-0.1, -0.05) is 18.2 Å². The van der Waals surface area contributed by atoms with Gasteiger partial charge in [0.1, 0.15) is 11.4 Å². The molecule has 0 unspecified atom stereocenters. The van der Waals surface area contributed by atoms with Crippen LogP contribution < -0.4 is 15.6 Å². The number of anilines is 1. The van der Waals surface area contributed by atoms with E-state index in [2.05, 4.69) is 15.5 Å². The van der Waals surface area contributed by atoms with E-state index in [0.29, 0.717) is 33.5 Å². The van der Waals surface area contributed by atoms with Crippen molar-refractivity contribution in [3.63, 3.8) is 0 Å². The minimum absolute atomic E-state index is 0.271. The van der Waals surface area contributed by atoms with Gasteiger partial charge in [0.2, 0.25) is 0 Å². The molecule has 116 valence electrons. The average molecular weight is 311 g/mol. The molecule has 0 spiro atoms. The Morgan fingerprint density at radius 2 is 1.96 bits per heavy atom. The zero-order chi connectivity index (χ0) is 16.4. The second-order valence-electron chi connectivity index (χ2n) is 4.79. The number of rotatable bonds is 3. The van der Waals surface area contributed by atoms with Crippen LogP contribution >= 0.6 is 0 Å². The van der Waals surface area contributed by atoms with Crippen molar-refractivity contribution in [1.29, 1.82) is 0 Å². The first-order valence-electron chi connectivity index (χ1n) is 6.76. The van der Waals surface area contributed by atoms with Gasteiger partial charge in [0, 0.05) is 22.7 Å². The molecule has 0 bridgehead atoms. The number of nitrogens with one attached hydrogen (secondary N) is 2. The molecule has 0 radical (unpaired) electrons. The number of nitrogens with zero attached hydrogens (tertiary/aromatic N) is 1. The molecule has 7 nitrogen and oxygen atoms in total.